The number of piperidine rings is 1. The van der Waals surface area contributed by atoms with Crippen molar-refractivity contribution in [3.05, 3.63) is 29.8 Å². The highest BCUT2D eigenvalue weighted by atomic mass is 16.5. The molecule has 0 atom stereocenters. The van der Waals surface area contributed by atoms with Crippen LogP contribution in [0.15, 0.2) is 24.3 Å². The molecule has 6 nitrogen and oxygen atoms in total. The maximum Gasteiger partial charge on any atom is 0.253 e. The number of carbonyl (C=O) groups excluding carboxylic acids is 2. The Morgan fingerprint density at radius 3 is 2.36 bits per heavy atom. The van der Waals surface area contributed by atoms with Crippen LogP contribution in [0.25, 0.3) is 0 Å². The van der Waals surface area contributed by atoms with E-state index in [1.807, 2.05) is 53.1 Å². The molecule has 2 saturated heterocycles. The van der Waals surface area contributed by atoms with Crippen LogP contribution in [0.2, 0.25) is 0 Å². The van der Waals surface area contributed by atoms with Crippen molar-refractivity contribution >= 4 is 17.5 Å². The Morgan fingerprint density at radius 1 is 1.04 bits per heavy atom. The van der Waals surface area contributed by atoms with E-state index in [0.29, 0.717) is 45.0 Å². The lowest BCUT2D eigenvalue weighted by molar-refractivity contribution is -0.141. The van der Waals surface area contributed by atoms with Gasteiger partial charge in [0, 0.05) is 57.4 Å². The third-order valence-electron chi connectivity index (χ3n) is 5.06. The summed E-state index contributed by atoms with van der Waals surface area (Å²) in [7, 11) is 3.93. The van der Waals surface area contributed by atoms with Gasteiger partial charge in [-0.2, -0.15) is 0 Å². The minimum atomic E-state index is 0.0373. The molecule has 25 heavy (non-hydrogen) atoms. The molecule has 1 aromatic carbocycles. The van der Waals surface area contributed by atoms with E-state index in [-0.39, 0.29) is 17.7 Å². The number of likely N-dealkylation sites (tertiary alicyclic amines) is 1. The standard InChI is InChI=1S/C19H27N3O3/c1-20(2)17-5-3-4-16(14-17)19(24)21-8-6-15(7-9-21)18(23)22-10-12-25-13-11-22/h3-5,14-15H,6-13H2,1-2H3. The monoisotopic (exact) mass is 345 g/mol. The van der Waals surface area contributed by atoms with Gasteiger partial charge in [0.15, 0.2) is 0 Å². The topological polar surface area (TPSA) is 53.1 Å². The zero-order valence-corrected chi connectivity index (χ0v) is 15.1. The fourth-order valence-corrected chi connectivity index (χ4v) is 3.47. The molecule has 0 bridgehead atoms. The molecule has 2 aliphatic rings. The van der Waals surface area contributed by atoms with Gasteiger partial charge in [-0.1, -0.05) is 6.07 Å². The number of nitrogens with zero attached hydrogens (tertiary/aromatic N) is 3. The number of anilines is 1. The fourth-order valence-electron chi connectivity index (χ4n) is 3.47. The Balaban J connectivity index is 1.57. The highest BCUT2D eigenvalue weighted by molar-refractivity contribution is 5.95. The molecular formula is C19H27N3O3. The highest BCUT2D eigenvalue weighted by Gasteiger charge is 2.31. The average molecular weight is 345 g/mol. The summed E-state index contributed by atoms with van der Waals surface area (Å²) < 4.78 is 5.31. The summed E-state index contributed by atoms with van der Waals surface area (Å²) in [4.78, 5) is 31.1. The molecule has 0 radical (unpaired) electrons. The van der Waals surface area contributed by atoms with Crippen molar-refractivity contribution in [2.24, 2.45) is 5.92 Å². The molecule has 0 saturated carbocycles. The number of ether oxygens (including phenoxy) is 1. The number of benzene rings is 1. The number of carbonyl (C=O) groups is 2. The lowest BCUT2D eigenvalue weighted by Crippen LogP contribution is -2.47. The molecule has 6 heteroatoms. The number of amides is 2. The van der Waals surface area contributed by atoms with Crippen molar-refractivity contribution in [3.8, 4) is 0 Å². The lowest BCUT2D eigenvalue weighted by atomic mass is 9.94. The SMILES string of the molecule is CN(C)c1cccc(C(=O)N2CCC(C(=O)N3CCOCC3)CC2)c1. The average Bonchev–Trinajstić information content (AvgIpc) is 2.67. The van der Waals surface area contributed by atoms with Gasteiger partial charge in [0.25, 0.3) is 5.91 Å². The molecule has 2 amide bonds. The van der Waals surface area contributed by atoms with Gasteiger partial charge < -0.3 is 19.4 Å². The van der Waals surface area contributed by atoms with Gasteiger partial charge in [-0.05, 0) is 31.0 Å². The fraction of sp³-hybridized carbons (Fsp3) is 0.579. The van der Waals surface area contributed by atoms with Crippen LogP contribution in [0.3, 0.4) is 0 Å². The van der Waals surface area contributed by atoms with E-state index in [0.717, 1.165) is 18.5 Å². The van der Waals surface area contributed by atoms with Crippen LogP contribution in [0.5, 0.6) is 0 Å². The normalized spacial score (nSPS) is 19.0. The van der Waals surface area contributed by atoms with E-state index in [1.54, 1.807) is 0 Å². The summed E-state index contributed by atoms with van der Waals surface area (Å²) in [6.07, 6.45) is 1.49. The van der Waals surface area contributed by atoms with Crippen molar-refractivity contribution in [2.75, 3.05) is 58.4 Å². The Morgan fingerprint density at radius 2 is 1.72 bits per heavy atom. The van der Waals surface area contributed by atoms with Crippen molar-refractivity contribution < 1.29 is 14.3 Å². The Kier molecular flexibility index (Phi) is 5.58. The lowest BCUT2D eigenvalue weighted by Gasteiger charge is -2.35. The third kappa shape index (κ3) is 4.12. The molecule has 2 aliphatic heterocycles. The minimum absolute atomic E-state index is 0.0373. The van der Waals surface area contributed by atoms with Gasteiger partial charge >= 0.3 is 0 Å². The van der Waals surface area contributed by atoms with E-state index in [2.05, 4.69) is 0 Å². The van der Waals surface area contributed by atoms with Crippen molar-refractivity contribution in [2.45, 2.75) is 12.8 Å². The van der Waals surface area contributed by atoms with Crippen LogP contribution < -0.4 is 4.90 Å². The Hall–Kier alpha value is -2.08. The third-order valence-corrected chi connectivity index (χ3v) is 5.06. The molecule has 136 valence electrons. The zero-order chi connectivity index (χ0) is 17.8. The minimum Gasteiger partial charge on any atom is -0.378 e. The summed E-state index contributed by atoms with van der Waals surface area (Å²) in [5.74, 6) is 0.321. The molecule has 3 rings (SSSR count). The number of morpholine rings is 1. The predicted octanol–water partition coefficient (Wildman–Crippen LogP) is 1.46. The first-order chi connectivity index (χ1) is 12.1. The van der Waals surface area contributed by atoms with Gasteiger partial charge in [-0.3, -0.25) is 9.59 Å². The quantitative estimate of drug-likeness (QED) is 0.832. The number of hydrogen-bond acceptors (Lipinski definition) is 4. The summed E-state index contributed by atoms with van der Waals surface area (Å²) in [5, 5.41) is 0. The van der Waals surface area contributed by atoms with Crippen LogP contribution >= 0.6 is 0 Å². The molecule has 0 aromatic heterocycles. The van der Waals surface area contributed by atoms with E-state index in [1.165, 1.54) is 0 Å². The molecular weight excluding hydrogens is 318 g/mol. The van der Waals surface area contributed by atoms with Crippen LogP contribution in [0.4, 0.5) is 5.69 Å². The second kappa shape index (κ2) is 7.87. The Bertz CT molecular complexity index is 618. The molecule has 0 N–H and O–H groups in total. The second-order valence-corrected chi connectivity index (χ2v) is 6.95. The van der Waals surface area contributed by atoms with Gasteiger partial charge in [-0.25, -0.2) is 0 Å². The van der Waals surface area contributed by atoms with E-state index < -0.39 is 0 Å². The first kappa shape index (κ1) is 17.7. The van der Waals surface area contributed by atoms with Crippen LogP contribution in [0.1, 0.15) is 23.2 Å². The smallest absolute Gasteiger partial charge is 0.253 e. The maximum atomic E-state index is 12.7. The van der Waals surface area contributed by atoms with Crippen LogP contribution in [-0.4, -0.2) is 75.1 Å². The molecule has 1 aromatic rings. The molecule has 2 heterocycles. The first-order valence-electron chi connectivity index (χ1n) is 8.99. The number of rotatable bonds is 3. The first-order valence-corrected chi connectivity index (χ1v) is 8.99. The Labute approximate surface area is 149 Å². The van der Waals surface area contributed by atoms with E-state index in [9.17, 15) is 9.59 Å². The summed E-state index contributed by atoms with van der Waals surface area (Å²) in [6, 6.07) is 7.69. The number of hydrogen-bond donors (Lipinski definition) is 0. The molecule has 2 fully saturated rings. The molecule has 0 spiro atoms. The maximum absolute atomic E-state index is 12.7. The van der Waals surface area contributed by atoms with Crippen molar-refractivity contribution in [3.63, 3.8) is 0 Å². The molecule has 0 unspecified atom stereocenters. The highest BCUT2D eigenvalue weighted by Crippen LogP contribution is 2.23. The van der Waals surface area contributed by atoms with Gasteiger partial charge in [0.1, 0.15) is 0 Å². The summed E-state index contributed by atoms with van der Waals surface area (Å²) in [6.45, 7) is 3.93. The van der Waals surface area contributed by atoms with Crippen LogP contribution in [-0.2, 0) is 9.53 Å². The largest absolute Gasteiger partial charge is 0.378 e. The van der Waals surface area contributed by atoms with Crippen molar-refractivity contribution in [1.82, 2.24) is 9.80 Å². The predicted molar refractivity (Wildman–Crippen MR) is 96.8 cm³/mol. The summed E-state index contributed by atoms with van der Waals surface area (Å²) >= 11 is 0. The zero-order valence-electron chi connectivity index (χ0n) is 15.1. The van der Waals surface area contributed by atoms with Gasteiger partial charge in [0.05, 0.1) is 13.2 Å². The van der Waals surface area contributed by atoms with Crippen LogP contribution in [0, 0.1) is 5.92 Å². The van der Waals surface area contributed by atoms with E-state index in [4.69, 9.17) is 4.74 Å². The summed E-state index contributed by atoms with van der Waals surface area (Å²) in [5.41, 5.74) is 1.73. The van der Waals surface area contributed by atoms with Gasteiger partial charge in [0.2, 0.25) is 5.91 Å². The molecule has 0 aliphatic carbocycles. The van der Waals surface area contributed by atoms with Gasteiger partial charge in [-0.15, -0.1) is 0 Å². The second-order valence-electron chi connectivity index (χ2n) is 6.95. The van der Waals surface area contributed by atoms with Crippen molar-refractivity contribution in [1.29, 1.82) is 0 Å². The van der Waals surface area contributed by atoms with E-state index >= 15 is 0 Å².